The van der Waals surface area contributed by atoms with E-state index in [0.29, 0.717) is 17.7 Å². The maximum Gasteiger partial charge on any atom is 0.461 e. The zero-order chi connectivity index (χ0) is 30.2. The first-order chi connectivity index (χ1) is 19.0. The third-order valence-corrected chi connectivity index (χ3v) is 6.49. The van der Waals surface area contributed by atoms with E-state index in [4.69, 9.17) is 11.6 Å². The number of urea groups is 1. The Hall–Kier alpha value is -3.68. The summed E-state index contributed by atoms with van der Waals surface area (Å²) in [5.74, 6) is -11.5. The van der Waals surface area contributed by atoms with Crippen molar-refractivity contribution in [2.45, 2.75) is 36.3 Å². The van der Waals surface area contributed by atoms with Gasteiger partial charge in [0.15, 0.2) is 0 Å². The molecule has 1 aliphatic heterocycles. The van der Waals surface area contributed by atoms with Crippen LogP contribution in [0.1, 0.15) is 16.8 Å². The van der Waals surface area contributed by atoms with E-state index in [0.717, 1.165) is 12.3 Å². The van der Waals surface area contributed by atoms with Crippen molar-refractivity contribution in [3.8, 4) is 5.75 Å². The number of halogens is 10. The van der Waals surface area contributed by atoms with Crippen LogP contribution in [0, 0.1) is 5.82 Å². The third kappa shape index (κ3) is 6.31. The number of amides is 2. The molecule has 0 radical (unpaired) electrons. The normalized spacial score (nSPS) is 17.8. The van der Waals surface area contributed by atoms with Gasteiger partial charge < -0.3 is 15.0 Å². The quantitative estimate of drug-likeness (QED) is 0.282. The molecule has 220 valence electrons. The smallest absolute Gasteiger partial charge is 0.428 e. The van der Waals surface area contributed by atoms with Crippen LogP contribution in [0.25, 0.3) is 0 Å². The minimum Gasteiger partial charge on any atom is -0.428 e. The molecule has 1 saturated heterocycles. The molecule has 1 aromatic heterocycles. The monoisotopic (exact) mass is 611 g/mol. The first-order valence-corrected chi connectivity index (χ1v) is 12.1. The van der Waals surface area contributed by atoms with Gasteiger partial charge in [0, 0.05) is 18.7 Å². The predicted octanol–water partition coefficient (Wildman–Crippen LogP) is 6.89. The fourth-order valence-electron chi connectivity index (χ4n) is 4.29. The van der Waals surface area contributed by atoms with Crippen molar-refractivity contribution in [1.82, 2.24) is 15.2 Å². The highest BCUT2D eigenvalue weighted by molar-refractivity contribution is 6.30. The Morgan fingerprint density at radius 1 is 1.02 bits per heavy atom. The summed E-state index contributed by atoms with van der Waals surface area (Å²) < 4.78 is 128. The zero-order valence-corrected chi connectivity index (χ0v) is 21.3. The Morgan fingerprint density at radius 2 is 1.66 bits per heavy atom. The van der Waals surface area contributed by atoms with E-state index in [-0.39, 0.29) is 22.0 Å². The molecular formula is C26H19ClF9N3O2. The van der Waals surface area contributed by atoms with Gasteiger partial charge in [-0.25, -0.2) is 9.18 Å². The van der Waals surface area contributed by atoms with E-state index in [1.807, 2.05) is 0 Å². The molecule has 4 rings (SSSR count). The largest absolute Gasteiger partial charge is 0.461 e. The molecule has 2 aromatic carbocycles. The van der Waals surface area contributed by atoms with Crippen molar-refractivity contribution in [3.63, 3.8) is 0 Å². The molecule has 41 heavy (non-hydrogen) atoms. The Balaban J connectivity index is 1.90. The molecule has 1 unspecified atom stereocenters. The average Bonchev–Trinajstić information content (AvgIpc) is 3.10. The van der Waals surface area contributed by atoms with Crippen LogP contribution in [0.5, 0.6) is 5.75 Å². The second kappa shape index (κ2) is 11.0. The maximum absolute atomic E-state index is 14.8. The lowest BCUT2D eigenvalue weighted by Crippen LogP contribution is -2.53. The van der Waals surface area contributed by atoms with Gasteiger partial charge in [-0.1, -0.05) is 41.9 Å². The minimum absolute atomic E-state index is 0.0901. The summed E-state index contributed by atoms with van der Waals surface area (Å²) in [6.07, 6.45) is -8.60. The second-order valence-electron chi connectivity index (χ2n) is 9.26. The number of rotatable bonds is 8. The number of nitrogens with zero attached hydrogens (tertiary/aromatic N) is 2. The lowest BCUT2D eigenvalue weighted by molar-refractivity contribution is -0.253. The molecular weight excluding hydrogens is 593 g/mol. The standard InChI is InChI=1S/C26H19ClF9N3O2/c27-17-6-7-20(37-12-17)23(11-15-4-2-1-3-5-15,38-22(40)39-13-24(31,32)25(33,34)14-39)16-8-18(28)10-19(9-16)41-26(35,36)21(29)30/h1-10,12,21H,11,13-14H2,(H,38,40). The molecule has 1 N–H and O–H groups in total. The summed E-state index contributed by atoms with van der Waals surface area (Å²) >= 11 is 5.93. The number of ether oxygens (including phenoxy) is 1. The zero-order valence-electron chi connectivity index (χ0n) is 20.5. The number of alkyl halides is 8. The topological polar surface area (TPSA) is 54.5 Å². The van der Waals surface area contributed by atoms with Crippen molar-refractivity contribution >= 4 is 17.6 Å². The van der Waals surface area contributed by atoms with Crippen LogP contribution >= 0.6 is 11.6 Å². The summed E-state index contributed by atoms with van der Waals surface area (Å²) in [7, 11) is 0. The van der Waals surface area contributed by atoms with E-state index in [1.54, 1.807) is 18.2 Å². The van der Waals surface area contributed by atoms with Crippen LogP contribution in [-0.2, 0) is 12.0 Å². The van der Waals surface area contributed by atoms with Crippen molar-refractivity contribution in [1.29, 1.82) is 0 Å². The van der Waals surface area contributed by atoms with Crippen molar-refractivity contribution in [2.75, 3.05) is 13.1 Å². The van der Waals surface area contributed by atoms with E-state index in [1.165, 1.54) is 24.3 Å². The Labute approximate surface area is 231 Å². The third-order valence-electron chi connectivity index (χ3n) is 6.27. The van der Waals surface area contributed by atoms with E-state index in [9.17, 15) is 44.3 Å². The van der Waals surface area contributed by atoms with Gasteiger partial charge in [-0.3, -0.25) is 4.98 Å². The number of hydrogen-bond acceptors (Lipinski definition) is 3. The minimum atomic E-state index is -5.04. The Kier molecular flexibility index (Phi) is 8.09. The highest BCUT2D eigenvalue weighted by Crippen LogP contribution is 2.42. The highest BCUT2D eigenvalue weighted by atomic mass is 35.5. The number of hydrogen-bond donors (Lipinski definition) is 1. The number of nitrogens with one attached hydrogen (secondary N) is 1. The van der Waals surface area contributed by atoms with Crippen LogP contribution in [0.15, 0.2) is 66.9 Å². The van der Waals surface area contributed by atoms with Crippen LogP contribution < -0.4 is 10.1 Å². The Morgan fingerprint density at radius 3 is 2.22 bits per heavy atom. The lowest BCUT2D eigenvalue weighted by atomic mass is 9.80. The summed E-state index contributed by atoms with van der Waals surface area (Å²) in [4.78, 5) is 17.5. The van der Waals surface area contributed by atoms with Gasteiger partial charge in [0.1, 0.15) is 17.1 Å². The molecule has 2 heterocycles. The van der Waals surface area contributed by atoms with Crippen LogP contribution in [-0.4, -0.2) is 53.4 Å². The van der Waals surface area contributed by atoms with Gasteiger partial charge in [-0.05, 0) is 35.4 Å². The Bertz CT molecular complexity index is 1380. The van der Waals surface area contributed by atoms with Crippen LogP contribution in [0.4, 0.5) is 44.3 Å². The van der Waals surface area contributed by atoms with Crippen molar-refractivity contribution in [2.24, 2.45) is 0 Å². The van der Waals surface area contributed by atoms with E-state index >= 15 is 0 Å². The molecule has 3 aromatic rings. The number of benzene rings is 2. The fraction of sp³-hybridized carbons (Fsp3) is 0.308. The summed E-state index contributed by atoms with van der Waals surface area (Å²) in [6.45, 7) is -3.33. The summed E-state index contributed by atoms with van der Waals surface area (Å²) in [5.41, 5.74) is -2.32. The van der Waals surface area contributed by atoms with E-state index in [2.05, 4.69) is 15.0 Å². The molecule has 1 aliphatic rings. The number of carbonyl (C=O) groups excluding carboxylic acids is 1. The second-order valence-corrected chi connectivity index (χ2v) is 9.70. The molecule has 0 saturated carbocycles. The van der Waals surface area contributed by atoms with Gasteiger partial charge in [0.05, 0.1) is 23.8 Å². The first-order valence-electron chi connectivity index (χ1n) is 11.7. The van der Waals surface area contributed by atoms with Crippen LogP contribution in [0.2, 0.25) is 5.02 Å². The number of likely N-dealkylation sites (tertiary alicyclic amines) is 1. The van der Waals surface area contributed by atoms with Gasteiger partial charge in [-0.2, -0.15) is 35.1 Å². The first kappa shape index (κ1) is 30.3. The molecule has 0 aliphatic carbocycles. The van der Waals surface area contributed by atoms with Gasteiger partial charge in [0.2, 0.25) is 0 Å². The molecule has 1 atom stereocenters. The summed E-state index contributed by atoms with van der Waals surface area (Å²) in [6, 6.07) is 10.7. The SMILES string of the molecule is O=C(NC(Cc1ccccc1)(c1cc(F)cc(OC(F)(F)C(F)F)c1)c1ccc(Cl)cn1)N1CC(F)(F)C(F)(F)C1. The van der Waals surface area contributed by atoms with Crippen LogP contribution in [0.3, 0.4) is 0 Å². The van der Waals surface area contributed by atoms with Gasteiger partial charge in [0.25, 0.3) is 0 Å². The summed E-state index contributed by atoms with van der Waals surface area (Å²) in [5, 5.41) is 2.44. The van der Waals surface area contributed by atoms with E-state index < -0.39 is 66.2 Å². The number of pyridine rings is 1. The van der Waals surface area contributed by atoms with Gasteiger partial charge >= 0.3 is 30.4 Å². The highest BCUT2D eigenvalue weighted by Gasteiger charge is 2.64. The molecule has 1 fully saturated rings. The predicted molar refractivity (Wildman–Crippen MR) is 128 cm³/mol. The molecule has 0 bridgehead atoms. The number of carbonyl (C=O) groups is 1. The maximum atomic E-state index is 14.8. The lowest BCUT2D eigenvalue weighted by Gasteiger charge is -2.37. The fourth-order valence-corrected chi connectivity index (χ4v) is 4.40. The molecule has 2 amide bonds. The molecule has 15 heteroatoms. The van der Waals surface area contributed by atoms with Gasteiger partial charge in [-0.15, -0.1) is 0 Å². The molecule has 0 spiro atoms. The number of aromatic nitrogens is 1. The molecule has 5 nitrogen and oxygen atoms in total. The van der Waals surface area contributed by atoms with Crippen molar-refractivity contribution < 1.29 is 49.0 Å². The average molecular weight is 612 g/mol. The van der Waals surface area contributed by atoms with Crippen molar-refractivity contribution in [3.05, 3.63) is 94.5 Å².